The average Bonchev–Trinajstić information content (AvgIpc) is 3.44. The minimum atomic E-state index is -0.191. The van der Waals surface area contributed by atoms with Crippen molar-refractivity contribution in [1.82, 2.24) is 14.8 Å². The van der Waals surface area contributed by atoms with Gasteiger partial charge in [-0.15, -0.1) is 11.3 Å². The predicted octanol–water partition coefficient (Wildman–Crippen LogP) is 5.83. The maximum atomic E-state index is 13.1. The third-order valence-electron chi connectivity index (χ3n) is 6.12. The van der Waals surface area contributed by atoms with E-state index in [4.69, 9.17) is 4.74 Å². The normalized spacial score (nSPS) is 14.7. The number of benzene rings is 1. The van der Waals surface area contributed by atoms with Gasteiger partial charge in [-0.05, 0) is 62.1 Å². The molecular formula is C26H34N4O2S. The molecule has 0 spiro atoms. The smallest absolute Gasteiger partial charge is 0.319 e. The molecule has 2 amide bonds. The summed E-state index contributed by atoms with van der Waals surface area (Å²) in [5, 5.41) is 7.53. The lowest BCUT2D eigenvalue weighted by molar-refractivity contribution is 0.247. The number of ether oxygens (including phenoxy) is 1. The summed E-state index contributed by atoms with van der Waals surface area (Å²) in [4.78, 5) is 16.9. The maximum absolute atomic E-state index is 13.1. The molecule has 0 saturated carbocycles. The van der Waals surface area contributed by atoms with Crippen molar-refractivity contribution in [2.75, 3.05) is 26.0 Å². The van der Waals surface area contributed by atoms with Crippen molar-refractivity contribution in [2.24, 2.45) is 5.92 Å². The molecule has 4 rings (SSSR count). The summed E-state index contributed by atoms with van der Waals surface area (Å²) >= 11 is 1.86. The molecule has 3 heterocycles. The van der Waals surface area contributed by atoms with E-state index >= 15 is 0 Å². The summed E-state index contributed by atoms with van der Waals surface area (Å²) in [6.07, 6.45) is 7.15. The number of nitrogens with zero attached hydrogens (tertiary/aromatic N) is 2. The van der Waals surface area contributed by atoms with Gasteiger partial charge >= 0.3 is 6.03 Å². The second-order valence-electron chi connectivity index (χ2n) is 9.15. The molecule has 33 heavy (non-hydrogen) atoms. The van der Waals surface area contributed by atoms with Crippen LogP contribution in [0.2, 0.25) is 0 Å². The van der Waals surface area contributed by atoms with E-state index in [0.29, 0.717) is 11.6 Å². The van der Waals surface area contributed by atoms with Crippen LogP contribution in [0.15, 0.2) is 48.8 Å². The number of fused-ring (bicyclic) bond motifs is 1. The molecule has 2 aromatic heterocycles. The van der Waals surface area contributed by atoms with Crippen LogP contribution in [-0.4, -0.2) is 36.2 Å². The van der Waals surface area contributed by atoms with Gasteiger partial charge in [0.15, 0.2) is 0 Å². The van der Waals surface area contributed by atoms with Gasteiger partial charge in [0.05, 0.1) is 13.2 Å². The molecule has 7 heteroatoms. The third kappa shape index (κ3) is 5.60. The van der Waals surface area contributed by atoms with Gasteiger partial charge in [0.25, 0.3) is 0 Å². The van der Waals surface area contributed by atoms with Gasteiger partial charge < -0.3 is 24.8 Å². The fraction of sp³-hybridized carbons (Fsp3) is 0.423. The Morgan fingerprint density at radius 1 is 1.18 bits per heavy atom. The quantitative estimate of drug-likeness (QED) is 0.439. The van der Waals surface area contributed by atoms with E-state index in [1.807, 2.05) is 35.6 Å². The van der Waals surface area contributed by atoms with Crippen LogP contribution < -0.4 is 15.4 Å². The highest BCUT2D eigenvalue weighted by atomic mass is 32.1. The predicted molar refractivity (Wildman–Crippen MR) is 136 cm³/mol. The molecule has 1 aliphatic rings. The first kappa shape index (κ1) is 23.4. The Bertz CT molecular complexity index is 1070. The molecule has 0 radical (unpaired) electrons. The Balaban J connectivity index is 1.65. The molecule has 1 atom stereocenters. The van der Waals surface area contributed by atoms with Gasteiger partial charge in [-0.3, -0.25) is 0 Å². The van der Waals surface area contributed by atoms with Crippen molar-refractivity contribution in [3.63, 3.8) is 0 Å². The van der Waals surface area contributed by atoms with Crippen molar-refractivity contribution >= 4 is 23.1 Å². The topological polar surface area (TPSA) is 58.5 Å². The van der Waals surface area contributed by atoms with E-state index < -0.39 is 0 Å². The molecule has 3 aromatic rings. The number of hydrogen-bond donors (Lipinski definition) is 2. The highest BCUT2D eigenvalue weighted by Gasteiger charge is 2.29. The van der Waals surface area contributed by atoms with Crippen molar-refractivity contribution in [1.29, 1.82) is 0 Å². The summed E-state index contributed by atoms with van der Waals surface area (Å²) in [5.74, 6) is 1.28. The fourth-order valence-electron chi connectivity index (χ4n) is 4.38. The Labute approximate surface area is 200 Å². The van der Waals surface area contributed by atoms with E-state index in [1.165, 1.54) is 21.0 Å². The number of anilines is 1. The molecular weight excluding hydrogens is 432 g/mol. The van der Waals surface area contributed by atoms with Gasteiger partial charge in [0.2, 0.25) is 0 Å². The second-order valence-corrected chi connectivity index (χ2v) is 10.2. The number of nitrogens with one attached hydrogen (secondary N) is 2. The molecule has 0 unspecified atom stereocenters. The summed E-state index contributed by atoms with van der Waals surface area (Å²) < 4.78 is 7.49. The first-order valence-electron chi connectivity index (χ1n) is 11.6. The number of carbonyl (C=O) groups excluding carboxylic acids is 1. The second kappa shape index (κ2) is 10.4. The Morgan fingerprint density at radius 2 is 1.97 bits per heavy atom. The largest absolute Gasteiger partial charge is 0.497 e. The van der Waals surface area contributed by atoms with E-state index in [9.17, 15) is 4.79 Å². The Morgan fingerprint density at radius 3 is 2.70 bits per heavy atom. The summed E-state index contributed by atoms with van der Waals surface area (Å²) in [5.41, 5.74) is 3.41. The molecule has 2 N–H and O–H groups in total. The standard InChI is InChI=1S/C26H34N4O2S/c1-18(2)10-11-22(28-26(31)27-19-8-7-9-20(16-19)32-4)24-21-12-15-29(3)17-23(21)33-25(24)30-13-5-6-14-30/h5-9,13-14,16,18,22H,10-12,15,17H2,1-4H3,(H2,27,28,31)/t22-/m1/s1. The van der Waals surface area contributed by atoms with Crippen molar-refractivity contribution in [3.05, 3.63) is 64.8 Å². The van der Waals surface area contributed by atoms with Crippen LogP contribution in [0.1, 0.15) is 48.7 Å². The van der Waals surface area contributed by atoms with Gasteiger partial charge in [-0.2, -0.15) is 0 Å². The van der Waals surface area contributed by atoms with Crippen LogP contribution in [0.3, 0.4) is 0 Å². The van der Waals surface area contributed by atoms with E-state index in [-0.39, 0.29) is 12.1 Å². The SMILES string of the molecule is COc1cccc(NC(=O)N[C@H](CCC(C)C)c2c(-n3cccc3)sc3c2CCN(C)C3)c1. The van der Waals surface area contributed by atoms with E-state index in [1.54, 1.807) is 7.11 Å². The van der Waals surface area contributed by atoms with Gasteiger partial charge in [0, 0.05) is 47.7 Å². The molecule has 0 saturated heterocycles. The van der Waals surface area contributed by atoms with Gasteiger partial charge in [-0.1, -0.05) is 19.9 Å². The zero-order chi connectivity index (χ0) is 23.4. The lowest BCUT2D eigenvalue weighted by atomic mass is 9.92. The molecule has 1 aromatic carbocycles. The maximum Gasteiger partial charge on any atom is 0.319 e. The minimum Gasteiger partial charge on any atom is -0.497 e. The van der Waals surface area contributed by atoms with Crippen LogP contribution in [0.25, 0.3) is 5.00 Å². The lowest BCUT2D eigenvalue weighted by Crippen LogP contribution is -2.34. The van der Waals surface area contributed by atoms with Crippen LogP contribution in [0.4, 0.5) is 10.5 Å². The lowest BCUT2D eigenvalue weighted by Gasteiger charge is -2.26. The number of carbonyl (C=O) groups is 1. The van der Waals surface area contributed by atoms with Gasteiger partial charge in [-0.25, -0.2) is 4.79 Å². The van der Waals surface area contributed by atoms with Crippen LogP contribution in [0, 0.1) is 5.92 Å². The summed E-state index contributed by atoms with van der Waals surface area (Å²) in [7, 11) is 3.80. The first-order valence-corrected chi connectivity index (χ1v) is 12.4. The number of methoxy groups -OCH3 is 1. The highest BCUT2D eigenvalue weighted by molar-refractivity contribution is 7.15. The third-order valence-corrected chi connectivity index (χ3v) is 7.37. The molecule has 0 fully saturated rings. The highest BCUT2D eigenvalue weighted by Crippen LogP contribution is 2.40. The number of hydrogen-bond acceptors (Lipinski definition) is 4. The van der Waals surface area contributed by atoms with E-state index in [2.05, 4.69) is 65.5 Å². The number of amides is 2. The number of urea groups is 1. The number of rotatable bonds is 8. The number of thiophene rings is 1. The van der Waals surface area contributed by atoms with Crippen LogP contribution >= 0.6 is 11.3 Å². The monoisotopic (exact) mass is 466 g/mol. The van der Waals surface area contributed by atoms with Crippen molar-refractivity contribution in [3.8, 4) is 10.8 Å². The molecule has 0 aliphatic carbocycles. The van der Waals surface area contributed by atoms with E-state index in [0.717, 1.165) is 38.1 Å². The number of likely N-dealkylation sites (N-methyl/N-ethyl adjacent to an activating group) is 1. The fourth-order valence-corrected chi connectivity index (χ4v) is 5.83. The first-order chi connectivity index (χ1) is 15.9. The van der Waals surface area contributed by atoms with Gasteiger partial charge in [0.1, 0.15) is 10.8 Å². The van der Waals surface area contributed by atoms with Crippen molar-refractivity contribution < 1.29 is 9.53 Å². The zero-order valence-corrected chi connectivity index (χ0v) is 20.7. The zero-order valence-electron chi connectivity index (χ0n) is 19.9. The average molecular weight is 467 g/mol. The minimum absolute atomic E-state index is 0.0567. The Hall–Kier alpha value is -2.77. The van der Waals surface area contributed by atoms with Crippen molar-refractivity contribution in [2.45, 2.75) is 45.7 Å². The van der Waals surface area contributed by atoms with Crippen LogP contribution in [-0.2, 0) is 13.0 Å². The molecule has 1 aliphatic heterocycles. The Kier molecular flexibility index (Phi) is 7.40. The summed E-state index contributed by atoms with van der Waals surface area (Å²) in [6.45, 7) is 6.46. The van der Waals surface area contributed by atoms with Crippen LogP contribution in [0.5, 0.6) is 5.75 Å². The molecule has 0 bridgehead atoms. The summed E-state index contributed by atoms with van der Waals surface area (Å²) in [6, 6.07) is 11.3. The molecule has 176 valence electrons. The number of aromatic nitrogens is 1. The molecule has 6 nitrogen and oxygen atoms in total.